The van der Waals surface area contributed by atoms with Crippen molar-refractivity contribution < 1.29 is 4.74 Å². The quantitative estimate of drug-likeness (QED) is 0.733. The predicted octanol–water partition coefficient (Wildman–Crippen LogP) is 1.86. The summed E-state index contributed by atoms with van der Waals surface area (Å²) < 4.78 is 8.69. The van der Waals surface area contributed by atoms with Gasteiger partial charge in [0.1, 0.15) is 11.1 Å². The number of methoxy groups -OCH3 is 1. The van der Waals surface area contributed by atoms with E-state index in [9.17, 15) is 4.79 Å². The van der Waals surface area contributed by atoms with Crippen molar-refractivity contribution >= 4 is 10.9 Å². The highest BCUT2D eigenvalue weighted by Crippen LogP contribution is 2.20. The molecule has 0 radical (unpaired) electrons. The van der Waals surface area contributed by atoms with Crippen LogP contribution >= 0.6 is 0 Å². The molecule has 1 unspecified atom stereocenters. The van der Waals surface area contributed by atoms with Crippen LogP contribution in [0.5, 0.6) is 5.75 Å². The first-order valence-corrected chi connectivity index (χ1v) is 6.72. The number of hydrogen-bond donors (Lipinski definition) is 0. The number of ether oxygens (including phenoxy) is 1. The second kappa shape index (κ2) is 5.40. The van der Waals surface area contributed by atoms with Crippen LogP contribution in [0, 0.1) is 0 Å². The minimum Gasteiger partial charge on any atom is -0.496 e. The summed E-state index contributed by atoms with van der Waals surface area (Å²) in [6.07, 6.45) is 5.17. The zero-order valence-electron chi connectivity index (χ0n) is 11.9. The molecule has 1 atom stereocenters. The van der Waals surface area contributed by atoms with Crippen molar-refractivity contribution in [3.05, 3.63) is 53.3 Å². The third-order valence-corrected chi connectivity index (χ3v) is 3.48. The third kappa shape index (κ3) is 2.40. The van der Waals surface area contributed by atoms with Gasteiger partial charge in [0.05, 0.1) is 31.5 Å². The Hall–Kier alpha value is -2.63. The van der Waals surface area contributed by atoms with Crippen molar-refractivity contribution in [2.75, 3.05) is 7.11 Å². The van der Waals surface area contributed by atoms with E-state index in [2.05, 4.69) is 10.1 Å². The summed E-state index contributed by atoms with van der Waals surface area (Å²) in [6.45, 7) is 2.57. The third-order valence-electron chi connectivity index (χ3n) is 3.48. The van der Waals surface area contributed by atoms with E-state index in [0.29, 0.717) is 23.2 Å². The van der Waals surface area contributed by atoms with Crippen LogP contribution in [0.15, 0.2) is 47.8 Å². The first-order valence-electron chi connectivity index (χ1n) is 6.72. The zero-order chi connectivity index (χ0) is 14.8. The fourth-order valence-corrected chi connectivity index (χ4v) is 2.40. The topological polar surface area (TPSA) is 61.9 Å². The molecule has 0 saturated carbocycles. The average molecular weight is 284 g/mol. The molecule has 3 rings (SSSR count). The molecule has 1 aromatic carbocycles. The maximum Gasteiger partial charge on any atom is 0.265 e. The Labute approximate surface area is 121 Å². The number of rotatable bonds is 4. The van der Waals surface area contributed by atoms with E-state index in [1.54, 1.807) is 34.9 Å². The molecule has 0 aliphatic rings. The largest absolute Gasteiger partial charge is 0.496 e. The molecule has 0 N–H and O–H groups in total. The molecule has 2 aromatic heterocycles. The Morgan fingerprint density at radius 1 is 1.33 bits per heavy atom. The number of nitrogens with zero attached hydrogens (tertiary/aromatic N) is 4. The fraction of sp³-hybridized carbons (Fsp3) is 0.267. The number of benzene rings is 1. The van der Waals surface area contributed by atoms with Crippen LogP contribution in [0.1, 0.15) is 13.0 Å². The van der Waals surface area contributed by atoms with Gasteiger partial charge in [0, 0.05) is 12.4 Å². The van der Waals surface area contributed by atoms with Gasteiger partial charge in [0.15, 0.2) is 0 Å². The van der Waals surface area contributed by atoms with Gasteiger partial charge < -0.3 is 4.74 Å². The highest BCUT2D eigenvalue weighted by Gasteiger charge is 2.13. The first-order chi connectivity index (χ1) is 10.2. The number of aromatic nitrogens is 4. The van der Waals surface area contributed by atoms with E-state index in [0.717, 1.165) is 0 Å². The van der Waals surface area contributed by atoms with Gasteiger partial charge in [-0.05, 0) is 25.1 Å². The van der Waals surface area contributed by atoms with Crippen molar-refractivity contribution in [3.63, 3.8) is 0 Å². The van der Waals surface area contributed by atoms with E-state index < -0.39 is 0 Å². The van der Waals surface area contributed by atoms with E-state index in [4.69, 9.17) is 4.74 Å². The Bertz CT molecular complexity index is 808. The van der Waals surface area contributed by atoms with Crippen LogP contribution in [-0.4, -0.2) is 26.4 Å². The lowest BCUT2D eigenvalue weighted by atomic mass is 10.2. The molecular weight excluding hydrogens is 268 g/mol. The Balaban J connectivity index is 2.07. The summed E-state index contributed by atoms with van der Waals surface area (Å²) in [5, 5.41) is 4.67. The summed E-state index contributed by atoms with van der Waals surface area (Å²) in [7, 11) is 1.55. The van der Waals surface area contributed by atoms with Crippen molar-refractivity contribution in [3.8, 4) is 5.75 Å². The van der Waals surface area contributed by atoms with E-state index >= 15 is 0 Å². The van der Waals surface area contributed by atoms with Gasteiger partial charge in [-0.1, -0.05) is 6.07 Å². The molecule has 0 aliphatic heterocycles. The molecule has 0 bridgehead atoms. The van der Waals surface area contributed by atoms with Crippen LogP contribution in [0.2, 0.25) is 0 Å². The molecular formula is C15H16N4O2. The summed E-state index contributed by atoms with van der Waals surface area (Å²) in [5.41, 5.74) is 0.541. The van der Waals surface area contributed by atoms with Crippen molar-refractivity contribution in [2.45, 2.75) is 19.5 Å². The van der Waals surface area contributed by atoms with Gasteiger partial charge in [0.2, 0.25) is 0 Å². The Kier molecular flexibility index (Phi) is 3.43. The molecule has 108 valence electrons. The van der Waals surface area contributed by atoms with Crippen LogP contribution in [0.4, 0.5) is 0 Å². The van der Waals surface area contributed by atoms with Gasteiger partial charge in [-0.2, -0.15) is 5.10 Å². The maximum atomic E-state index is 12.7. The van der Waals surface area contributed by atoms with Gasteiger partial charge in [-0.15, -0.1) is 0 Å². The standard InChI is InChI=1S/C15H16N4O2/c1-11(9-18-8-4-7-17-18)19-10-16-12-5-3-6-13(21-2)14(12)15(19)20/h3-8,10-11H,9H2,1-2H3. The molecule has 2 heterocycles. The first kappa shape index (κ1) is 13.4. The van der Waals surface area contributed by atoms with E-state index in [1.165, 1.54) is 0 Å². The van der Waals surface area contributed by atoms with Crippen LogP contribution in [-0.2, 0) is 6.54 Å². The summed E-state index contributed by atoms with van der Waals surface area (Å²) in [5.74, 6) is 0.547. The van der Waals surface area contributed by atoms with Crippen molar-refractivity contribution in [1.29, 1.82) is 0 Å². The van der Waals surface area contributed by atoms with Gasteiger partial charge in [-0.25, -0.2) is 4.98 Å². The normalized spacial score (nSPS) is 12.5. The molecule has 0 fully saturated rings. The van der Waals surface area contributed by atoms with Crippen molar-refractivity contribution in [2.24, 2.45) is 0 Å². The molecule has 0 saturated heterocycles. The number of hydrogen-bond acceptors (Lipinski definition) is 4. The highest BCUT2D eigenvalue weighted by atomic mass is 16.5. The monoisotopic (exact) mass is 284 g/mol. The average Bonchev–Trinajstić information content (AvgIpc) is 2.99. The van der Waals surface area contributed by atoms with Gasteiger partial charge in [-0.3, -0.25) is 14.0 Å². The molecule has 21 heavy (non-hydrogen) atoms. The van der Waals surface area contributed by atoms with Crippen LogP contribution < -0.4 is 10.3 Å². The lowest BCUT2D eigenvalue weighted by Crippen LogP contribution is -2.26. The number of fused-ring (bicyclic) bond motifs is 1. The molecule has 0 amide bonds. The molecule has 0 spiro atoms. The van der Waals surface area contributed by atoms with Crippen LogP contribution in [0.25, 0.3) is 10.9 Å². The van der Waals surface area contributed by atoms with E-state index in [-0.39, 0.29) is 11.6 Å². The second-order valence-electron chi connectivity index (χ2n) is 4.89. The van der Waals surface area contributed by atoms with Crippen LogP contribution in [0.3, 0.4) is 0 Å². The summed E-state index contributed by atoms with van der Waals surface area (Å²) >= 11 is 0. The summed E-state index contributed by atoms with van der Waals surface area (Å²) in [4.78, 5) is 17.0. The van der Waals surface area contributed by atoms with E-state index in [1.807, 2.05) is 31.3 Å². The smallest absolute Gasteiger partial charge is 0.265 e. The van der Waals surface area contributed by atoms with Gasteiger partial charge >= 0.3 is 0 Å². The van der Waals surface area contributed by atoms with Crippen molar-refractivity contribution in [1.82, 2.24) is 19.3 Å². The molecule has 0 aliphatic carbocycles. The minimum atomic E-state index is -0.0999. The minimum absolute atomic E-state index is 0.0563. The lowest BCUT2D eigenvalue weighted by molar-refractivity contribution is 0.413. The predicted molar refractivity (Wildman–Crippen MR) is 79.5 cm³/mol. The highest BCUT2D eigenvalue weighted by molar-refractivity contribution is 5.83. The maximum absolute atomic E-state index is 12.7. The fourth-order valence-electron chi connectivity index (χ4n) is 2.40. The molecule has 6 heteroatoms. The lowest BCUT2D eigenvalue weighted by Gasteiger charge is -2.16. The Morgan fingerprint density at radius 3 is 2.90 bits per heavy atom. The SMILES string of the molecule is COc1cccc2ncn(C(C)Cn3cccn3)c(=O)c12. The summed E-state index contributed by atoms with van der Waals surface area (Å²) in [6, 6.07) is 7.21. The molecule has 3 aromatic rings. The Morgan fingerprint density at radius 2 is 2.19 bits per heavy atom. The second-order valence-corrected chi connectivity index (χ2v) is 4.89. The zero-order valence-corrected chi connectivity index (χ0v) is 11.9. The molecule has 6 nitrogen and oxygen atoms in total. The van der Waals surface area contributed by atoms with Gasteiger partial charge in [0.25, 0.3) is 5.56 Å².